The Balaban J connectivity index is 3.78. The van der Waals surface area contributed by atoms with E-state index in [0.29, 0.717) is 6.54 Å². The Morgan fingerprint density at radius 3 is 2.47 bits per heavy atom. The Morgan fingerprint density at radius 2 is 2.00 bits per heavy atom. The molecule has 0 spiro atoms. The van der Waals surface area contributed by atoms with Gasteiger partial charge in [-0.3, -0.25) is 0 Å². The molecule has 0 aromatic heterocycles. The van der Waals surface area contributed by atoms with E-state index in [9.17, 15) is 9.59 Å². The molecular weight excluding hydrogens is 200 g/mol. The predicted octanol–water partition coefficient (Wildman–Crippen LogP) is -0.131. The van der Waals surface area contributed by atoms with Gasteiger partial charge in [-0.2, -0.15) is 0 Å². The van der Waals surface area contributed by atoms with Crippen LogP contribution in [0.15, 0.2) is 0 Å². The largest absolute Gasteiger partial charge is 0.467 e. The number of nitrogens with two attached hydrogens (primary N) is 1. The minimum Gasteiger partial charge on any atom is -0.467 e. The lowest BCUT2D eigenvalue weighted by Crippen LogP contribution is -2.40. The van der Waals surface area contributed by atoms with Crippen molar-refractivity contribution in [1.82, 2.24) is 5.32 Å². The molecular formula is C9H18N2O4. The lowest BCUT2D eigenvalue weighted by Gasteiger charge is -2.13. The standard InChI is InChI=1S/C9H18N2O4/c1-6(4-10)5-15-9(13)11-7(2)8(12)14-3/h6-7H,4-5,10H2,1-3H3,(H,11,13)/t6?,7-/m0/s1. The van der Waals surface area contributed by atoms with Crippen LogP contribution in [0.2, 0.25) is 0 Å². The molecule has 0 aromatic rings. The molecule has 0 aliphatic rings. The van der Waals surface area contributed by atoms with Gasteiger partial charge in [0.05, 0.1) is 13.7 Å². The molecule has 2 atom stereocenters. The van der Waals surface area contributed by atoms with E-state index in [0.717, 1.165) is 0 Å². The molecule has 0 heterocycles. The normalized spacial score (nSPS) is 13.9. The van der Waals surface area contributed by atoms with Crippen molar-refractivity contribution < 1.29 is 19.1 Å². The van der Waals surface area contributed by atoms with Crippen molar-refractivity contribution in [1.29, 1.82) is 0 Å². The summed E-state index contributed by atoms with van der Waals surface area (Å²) in [6, 6.07) is -0.712. The predicted molar refractivity (Wildman–Crippen MR) is 54.2 cm³/mol. The lowest BCUT2D eigenvalue weighted by molar-refractivity contribution is -0.142. The molecule has 0 aromatic carbocycles. The second-order valence-electron chi connectivity index (χ2n) is 3.33. The van der Waals surface area contributed by atoms with E-state index in [2.05, 4.69) is 10.1 Å². The van der Waals surface area contributed by atoms with Crippen LogP contribution in [0.1, 0.15) is 13.8 Å². The highest BCUT2D eigenvalue weighted by Crippen LogP contribution is 1.94. The molecule has 6 nitrogen and oxygen atoms in total. The van der Waals surface area contributed by atoms with Crippen molar-refractivity contribution in [3.05, 3.63) is 0 Å². The molecule has 0 aliphatic heterocycles. The highest BCUT2D eigenvalue weighted by Gasteiger charge is 2.16. The van der Waals surface area contributed by atoms with Crippen LogP contribution < -0.4 is 11.1 Å². The second kappa shape index (κ2) is 7.05. The average molecular weight is 218 g/mol. The van der Waals surface area contributed by atoms with E-state index in [1.165, 1.54) is 14.0 Å². The number of carbonyl (C=O) groups excluding carboxylic acids is 2. The molecule has 88 valence electrons. The zero-order valence-corrected chi connectivity index (χ0v) is 9.28. The average Bonchev–Trinajstić information content (AvgIpc) is 2.24. The van der Waals surface area contributed by atoms with Crippen LogP contribution in [0.3, 0.4) is 0 Å². The molecule has 0 fully saturated rings. The first-order valence-corrected chi connectivity index (χ1v) is 4.72. The van der Waals surface area contributed by atoms with Crippen molar-refractivity contribution in [2.24, 2.45) is 11.7 Å². The van der Waals surface area contributed by atoms with Crippen LogP contribution in [0.25, 0.3) is 0 Å². The molecule has 0 rings (SSSR count). The van der Waals surface area contributed by atoms with E-state index in [1.54, 1.807) is 0 Å². The summed E-state index contributed by atoms with van der Waals surface area (Å²) in [5, 5.41) is 2.33. The quantitative estimate of drug-likeness (QED) is 0.627. The van der Waals surface area contributed by atoms with E-state index in [4.69, 9.17) is 10.5 Å². The van der Waals surface area contributed by atoms with E-state index < -0.39 is 18.1 Å². The summed E-state index contributed by atoms with van der Waals surface area (Å²) < 4.78 is 9.25. The molecule has 0 aliphatic carbocycles. The first-order valence-electron chi connectivity index (χ1n) is 4.72. The number of methoxy groups -OCH3 is 1. The number of esters is 1. The Bertz CT molecular complexity index is 220. The summed E-state index contributed by atoms with van der Waals surface area (Å²) in [6.07, 6.45) is -0.645. The fraction of sp³-hybridized carbons (Fsp3) is 0.778. The number of ether oxygens (including phenoxy) is 2. The molecule has 6 heteroatoms. The minimum atomic E-state index is -0.712. The van der Waals surface area contributed by atoms with Gasteiger partial charge >= 0.3 is 12.1 Å². The molecule has 1 amide bonds. The maximum Gasteiger partial charge on any atom is 0.407 e. The topological polar surface area (TPSA) is 90.6 Å². The number of hydrogen-bond acceptors (Lipinski definition) is 5. The van der Waals surface area contributed by atoms with Gasteiger partial charge in [-0.25, -0.2) is 9.59 Å². The highest BCUT2D eigenvalue weighted by molar-refractivity contribution is 5.80. The molecule has 0 saturated carbocycles. The number of hydrogen-bond donors (Lipinski definition) is 2. The molecule has 1 unspecified atom stereocenters. The van der Waals surface area contributed by atoms with Gasteiger partial charge in [-0.1, -0.05) is 6.92 Å². The second-order valence-corrected chi connectivity index (χ2v) is 3.33. The number of amides is 1. The van der Waals surface area contributed by atoms with Crippen molar-refractivity contribution in [2.45, 2.75) is 19.9 Å². The number of alkyl carbamates (subject to hydrolysis) is 1. The number of carbonyl (C=O) groups is 2. The Hall–Kier alpha value is -1.30. The summed E-state index contributed by atoms with van der Waals surface area (Å²) in [4.78, 5) is 22.0. The monoisotopic (exact) mass is 218 g/mol. The van der Waals surface area contributed by atoms with Crippen molar-refractivity contribution in [3.63, 3.8) is 0 Å². The van der Waals surface area contributed by atoms with Crippen molar-refractivity contribution in [2.75, 3.05) is 20.3 Å². The van der Waals surface area contributed by atoms with E-state index in [1.807, 2.05) is 6.92 Å². The van der Waals surface area contributed by atoms with Crippen molar-refractivity contribution >= 4 is 12.1 Å². The zero-order chi connectivity index (χ0) is 11.8. The summed E-state index contributed by atoms with van der Waals surface area (Å²) in [6.45, 7) is 4.05. The van der Waals surface area contributed by atoms with E-state index in [-0.39, 0.29) is 12.5 Å². The Kier molecular flexibility index (Phi) is 6.44. The first-order chi connectivity index (χ1) is 7.01. The van der Waals surface area contributed by atoms with Gasteiger partial charge in [0.1, 0.15) is 6.04 Å². The van der Waals surface area contributed by atoms with Crippen LogP contribution >= 0.6 is 0 Å². The highest BCUT2D eigenvalue weighted by atomic mass is 16.6. The van der Waals surface area contributed by atoms with Gasteiger partial charge < -0.3 is 20.5 Å². The van der Waals surface area contributed by atoms with Crippen LogP contribution in [-0.4, -0.2) is 38.4 Å². The fourth-order valence-electron chi connectivity index (χ4n) is 0.740. The summed E-state index contributed by atoms with van der Waals surface area (Å²) in [5.74, 6) is -0.414. The summed E-state index contributed by atoms with van der Waals surface area (Å²) in [5.41, 5.74) is 5.34. The molecule has 3 N–H and O–H groups in total. The van der Waals surface area contributed by atoms with Crippen LogP contribution in [0.5, 0.6) is 0 Å². The smallest absolute Gasteiger partial charge is 0.407 e. The maximum absolute atomic E-state index is 11.1. The maximum atomic E-state index is 11.1. The third-order valence-corrected chi connectivity index (χ3v) is 1.79. The summed E-state index contributed by atoms with van der Waals surface area (Å²) >= 11 is 0. The van der Waals surface area contributed by atoms with Gasteiger partial charge in [0.25, 0.3) is 0 Å². The number of nitrogens with one attached hydrogen (secondary N) is 1. The Labute approximate surface area is 89.1 Å². The minimum absolute atomic E-state index is 0.101. The van der Waals surface area contributed by atoms with Gasteiger partial charge in [0.15, 0.2) is 0 Å². The fourth-order valence-corrected chi connectivity index (χ4v) is 0.740. The van der Waals surface area contributed by atoms with Gasteiger partial charge in [-0.15, -0.1) is 0 Å². The van der Waals surface area contributed by atoms with Gasteiger partial charge in [0, 0.05) is 5.92 Å². The SMILES string of the molecule is COC(=O)[C@H](C)NC(=O)OCC(C)CN. The Morgan fingerprint density at radius 1 is 1.40 bits per heavy atom. The van der Waals surface area contributed by atoms with Gasteiger partial charge in [-0.05, 0) is 13.5 Å². The van der Waals surface area contributed by atoms with Crippen LogP contribution in [0.4, 0.5) is 4.79 Å². The molecule has 15 heavy (non-hydrogen) atoms. The molecule has 0 radical (unpaired) electrons. The lowest BCUT2D eigenvalue weighted by atomic mass is 10.2. The molecule has 0 bridgehead atoms. The van der Waals surface area contributed by atoms with E-state index >= 15 is 0 Å². The third kappa shape index (κ3) is 5.90. The molecule has 0 saturated heterocycles. The number of rotatable bonds is 5. The van der Waals surface area contributed by atoms with Crippen LogP contribution in [-0.2, 0) is 14.3 Å². The third-order valence-electron chi connectivity index (χ3n) is 1.79. The first kappa shape index (κ1) is 13.7. The van der Waals surface area contributed by atoms with Crippen molar-refractivity contribution in [3.8, 4) is 0 Å². The van der Waals surface area contributed by atoms with Gasteiger partial charge in [0.2, 0.25) is 0 Å². The zero-order valence-electron chi connectivity index (χ0n) is 9.28. The summed E-state index contributed by atoms with van der Waals surface area (Å²) in [7, 11) is 1.25. The van der Waals surface area contributed by atoms with Crippen LogP contribution in [0, 0.1) is 5.92 Å².